The number of ether oxygens (including phenoxy) is 1. The number of fused-ring (bicyclic) bond motifs is 2. The fraction of sp³-hybridized carbons (Fsp3) is 0.857. The third-order valence-electron chi connectivity index (χ3n) is 4.90. The summed E-state index contributed by atoms with van der Waals surface area (Å²) in [7, 11) is 0. The number of carbonyl (C=O) groups excluding carboxylic acids is 1. The van der Waals surface area contributed by atoms with E-state index in [0.717, 1.165) is 25.7 Å². The SMILES string of the molecule is O=C(CC1(C(=O)O)CCCC1)N1CC2CCC(C1)O2. The minimum atomic E-state index is -0.797. The molecule has 3 aliphatic rings. The number of nitrogens with zero attached hydrogens (tertiary/aromatic N) is 1. The lowest BCUT2D eigenvalue weighted by atomic mass is 9.82. The molecule has 1 saturated carbocycles. The van der Waals surface area contributed by atoms with Gasteiger partial charge in [0.05, 0.1) is 17.6 Å². The molecule has 106 valence electrons. The minimum Gasteiger partial charge on any atom is -0.481 e. The number of carboxylic acid groups (broad SMARTS) is 1. The van der Waals surface area contributed by atoms with E-state index in [1.807, 2.05) is 4.90 Å². The maximum Gasteiger partial charge on any atom is 0.310 e. The van der Waals surface area contributed by atoms with Gasteiger partial charge < -0.3 is 14.7 Å². The molecule has 2 atom stereocenters. The molecule has 0 aromatic heterocycles. The van der Waals surface area contributed by atoms with Crippen LogP contribution in [-0.4, -0.2) is 47.2 Å². The molecule has 0 radical (unpaired) electrons. The van der Waals surface area contributed by atoms with Gasteiger partial charge in [0.25, 0.3) is 0 Å². The summed E-state index contributed by atoms with van der Waals surface area (Å²) in [6.07, 6.45) is 5.70. The highest BCUT2D eigenvalue weighted by atomic mass is 16.5. The highest BCUT2D eigenvalue weighted by molar-refractivity contribution is 5.85. The number of morpholine rings is 1. The highest BCUT2D eigenvalue weighted by Gasteiger charge is 2.45. The van der Waals surface area contributed by atoms with Crippen LogP contribution >= 0.6 is 0 Å². The fourth-order valence-corrected chi connectivity index (χ4v) is 3.74. The first kappa shape index (κ1) is 12.9. The van der Waals surface area contributed by atoms with Crippen molar-refractivity contribution in [2.24, 2.45) is 5.41 Å². The van der Waals surface area contributed by atoms with Crippen LogP contribution in [-0.2, 0) is 14.3 Å². The molecule has 19 heavy (non-hydrogen) atoms. The van der Waals surface area contributed by atoms with E-state index < -0.39 is 11.4 Å². The quantitative estimate of drug-likeness (QED) is 0.839. The van der Waals surface area contributed by atoms with Crippen LogP contribution in [0.5, 0.6) is 0 Å². The second kappa shape index (κ2) is 4.78. The third kappa shape index (κ3) is 2.36. The standard InChI is InChI=1S/C14H21NO4/c16-12(7-14(13(17)18)5-1-2-6-14)15-8-10-3-4-11(9-15)19-10/h10-11H,1-9H2,(H,17,18). The molecule has 0 spiro atoms. The molecule has 2 heterocycles. The molecule has 2 unspecified atom stereocenters. The Bertz CT molecular complexity index is 377. The van der Waals surface area contributed by atoms with Gasteiger partial charge >= 0.3 is 5.97 Å². The molecule has 2 saturated heterocycles. The molecule has 0 aromatic rings. The molecule has 5 nitrogen and oxygen atoms in total. The highest BCUT2D eigenvalue weighted by Crippen LogP contribution is 2.42. The van der Waals surface area contributed by atoms with E-state index in [1.165, 1.54) is 0 Å². The van der Waals surface area contributed by atoms with E-state index in [4.69, 9.17) is 4.74 Å². The van der Waals surface area contributed by atoms with Crippen molar-refractivity contribution in [2.75, 3.05) is 13.1 Å². The van der Waals surface area contributed by atoms with Crippen LogP contribution in [0.3, 0.4) is 0 Å². The van der Waals surface area contributed by atoms with E-state index in [-0.39, 0.29) is 24.5 Å². The second-order valence-electron chi connectivity index (χ2n) is 6.23. The lowest BCUT2D eigenvalue weighted by Crippen LogP contribution is -2.47. The van der Waals surface area contributed by atoms with Gasteiger partial charge in [0.2, 0.25) is 5.91 Å². The summed E-state index contributed by atoms with van der Waals surface area (Å²) < 4.78 is 5.71. The number of hydrogen-bond acceptors (Lipinski definition) is 3. The van der Waals surface area contributed by atoms with Crippen molar-refractivity contribution in [3.63, 3.8) is 0 Å². The largest absolute Gasteiger partial charge is 0.481 e. The number of aliphatic carboxylic acids is 1. The minimum absolute atomic E-state index is 0.00417. The molecule has 1 amide bonds. The van der Waals surface area contributed by atoms with Gasteiger partial charge in [0.15, 0.2) is 0 Å². The molecule has 5 heteroatoms. The first-order valence-corrected chi connectivity index (χ1v) is 7.26. The van der Waals surface area contributed by atoms with Crippen LogP contribution in [0.1, 0.15) is 44.9 Å². The van der Waals surface area contributed by atoms with Gasteiger partial charge in [-0.15, -0.1) is 0 Å². The van der Waals surface area contributed by atoms with E-state index in [2.05, 4.69) is 0 Å². The van der Waals surface area contributed by atoms with Gasteiger partial charge in [-0.05, 0) is 25.7 Å². The average molecular weight is 267 g/mol. The van der Waals surface area contributed by atoms with Crippen LogP contribution in [0.2, 0.25) is 0 Å². The predicted molar refractivity (Wildman–Crippen MR) is 67.6 cm³/mol. The molecule has 3 fully saturated rings. The van der Waals surface area contributed by atoms with Crippen LogP contribution in [0.25, 0.3) is 0 Å². The normalized spacial score (nSPS) is 32.5. The van der Waals surface area contributed by atoms with Crippen molar-refractivity contribution in [3.05, 3.63) is 0 Å². The number of hydrogen-bond donors (Lipinski definition) is 1. The summed E-state index contributed by atoms with van der Waals surface area (Å²) in [6, 6.07) is 0. The second-order valence-corrected chi connectivity index (χ2v) is 6.23. The Labute approximate surface area is 112 Å². The lowest BCUT2D eigenvalue weighted by Gasteiger charge is -2.34. The van der Waals surface area contributed by atoms with Gasteiger partial charge in [-0.1, -0.05) is 12.8 Å². The van der Waals surface area contributed by atoms with Gasteiger partial charge in [-0.3, -0.25) is 9.59 Å². The van der Waals surface area contributed by atoms with Crippen molar-refractivity contribution >= 4 is 11.9 Å². The number of amides is 1. The van der Waals surface area contributed by atoms with E-state index in [9.17, 15) is 14.7 Å². The maximum atomic E-state index is 12.4. The Kier molecular flexibility index (Phi) is 3.25. The monoisotopic (exact) mass is 267 g/mol. The van der Waals surface area contributed by atoms with Gasteiger partial charge in [0.1, 0.15) is 0 Å². The van der Waals surface area contributed by atoms with Gasteiger partial charge in [0, 0.05) is 19.5 Å². The van der Waals surface area contributed by atoms with Crippen molar-refractivity contribution in [3.8, 4) is 0 Å². The van der Waals surface area contributed by atoms with Gasteiger partial charge in [-0.25, -0.2) is 0 Å². The van der Waals surface area contributed by atoms with E-state index in [1.54, 1.807) is 0 Å². The lowest BCUT2D eigenvalue weighted by molar-refractivity contribution is -0.155. The zero-order chi connectivity index (χ0) is 13.5. The summed E-state index contributed by atoms with van der Waals surface area (Å²) in [5.41, 5.74) is -0.797. The van der Waals surface area contributed by atoms with Crippen LogP contribution in [0.4, 0.5) is 0 Å². The maximum absolute atomic E-state index is 12.4. The van der Waals surface area contributed by atoms with E-state index in [0.29, 0.717) is 25.9 Å². The summed E-state index contributed by atoms with van der Waals surface area (Å²) >= 11 is 0. The third-order valence-corrected chi connectivity index (χ3v) is 4.90. The Morgan fingerprint density at radius 1 is 1.16 bits per heavy atom. The molecule has 3 rings (SSSR count). The Morgan fingerprint density at radius 2 is 1.74 bits per heavy atom. The van der Waals surface area contributed by atoms with Crippen LogP contribution < -0.4 is 0 Å². The number of rotatable bonds is 3. The topological polar surface area (TPSA) is 66.8 Å². The molecular formula is C14H21NO4. The van der Waals surface area contributed by atoms with Crippen molar-refractivity contribution in [1.29, 1.82) is 0 Å². The molecule has 2 aliphatic heterocycles. The summed E-state index contributed by atoms with van der Waals surface area (Å²) in [4.78, 5) is 25.7. The average Bonchev–Trinajstić information content (AvgIpc) is 2.97. The molecule has 0 aromatic carbocycles. The zero-order valence-corrected chi connectivity index (χ0v) is 11.1. The number of likely N-dealkylation sites (tertiary alicyclic amines) is 1. The fourth-order valence-electron chi connectivity index (χ4n) is 3.74. The van der Waals surface area contributed by atoms with Crippen molar-refractivity contribution < 1.29 is 19.4 Å². The summed E-state index contributed by atoms with van der Waals surface area (Å²) in [5, 5.41) is 9.43. The molecule has 1 aliphatic carbocycles. The predicted octanol–water partition coefficient (Wildman–Crippen LogP) is 1.41. The molecular weight excluding hydrogens is 246 g/mol. The zero-order valence-electron chi connectivity index (χ0n) is 11.1. The van der Waals surface area contributed by atoms with Gasteiger partial charge in [-0.2, -0.15) is 0 Å². The smallest absolute Gasteiger partial charge is 0.310 e. The Balaban J connectivity index is 1.65. The van der Waals surface area contributed by atoms with Crippen molar-refractivity contribution in [1.82, 2.24) is 4.90 Å². The Morgan fingerprint density at radius 3 is 2.26 bits per heavy atom. The van der Waals surface area contributed by atoms with Crippen molar-refractivity contribution in [2.45, 2.75) is 57.2 Å². The number of carboxylic acids is 1. The first-order valence-electron chi connectivity index (χ1n) is 7.26. The van der Waals surface area contributed by atoms with Crippen LogP contribution in [0, 0.1) is 5.41 Å². The van der Waals surface area contributed by atoms with Crippen LogP contribution in [0.15, 0.2) is 0 Å². The summed E-state index contributed by atoms with van der Waals surface area (Å²) in [5.74, 6) is -0.793. The Hall–Kier alpha value is -1.10. The number of carbonyl (C=O) groups is 2. The molecule has 1 N–H and O–H groups in total. The van der Waals surface area contributed by atoms with E-state index >= 15 is 0 Å². The first-order chi connectivity index (χ1) is 9.09. The molecule has 2 bridgehead atoms. The summed E-state index contributed by atoms with van der Waals surface area (Å²) in [6.45, 7) is 1.29.